The maximum atomic E-state index is 13.2. The molecular formula is C89H174O17P2. The van der Waals surface area contributed by atoms with Crippen molar-refractivity contribution in [2.45, 2.75) is 491 Å². The molecule has 0 aromatic carbocycles. The molecule has 0 saturated heterocycles. The minimum absolute atomic E-state index is 0.107. The lowest BCUT2D eigenvalue weighted by atomic mass is 10.0. The smallest absolute Gasteiger partial charge is 0.462 e. The van der Waals surface area contributed by atoms with E-state index < -0.39 is 97.5 Å². The third-order valence-corrected chi connectivity index (χ3v) is 22.8. The molecule has 0 aliphatic carbocycles. The van der Waals surface area contributed by atoms with Crippen molar-refractivity contribution in [3.05, 3.63) is 0 Å². The Kier molecular flexibility index (Phi) is 77.5. The van der Waals surface area contributed by atoms with E-state index >= 15 is 0 Å². The second-order valence-corrected chi connectivity index (χ2v) is 36.3. The predicted molar refractivity (Wildman–Crippen MR) is 446 cm³/mol. The molecule has 0 saturated carbocycles. The molecule has 5 atom stereocenters. The van der Waals surface area contributed by atoms with Gasteiger partial charge in [-0.1, -0.05) is 421 Å². The quantitative estimate of drug-likeness (QED) is 0.0222. The number of rotatable bonds is 87. The van der Waals surface area contributed by atoms with Gasteiger partial charge >= 0.3 is 39.5 Å². The molecule has 0 heterocycles. The summed E-state index contributed by atoms with van der Waals surface area (Å²) in [4.78, 5) is 73.3. The van der Waals surface area contributed by atoms with E-state index in [-0.39, 0.29) is 25.7 Å². The van der Waals surface area contributed by atoms with Crippen LogP contribution in [0.2, 0.25) is 0 Å². The van der Waals surface area contributed by atoms with Gasteiger partial charge in [0.1, 0.15) is 19.3 Å². The summed E-state index contributed by atoms with van der Waals surface area (Å²) in [6, 6.07) is 0. The van der Waals surface area contributed by atoms with Crippen LogP contribution in [0.25, 0.3) is 0 Å². The Hall–Kier alpha value is -1.94. The van der Waals surface area contributed by atoms with Crippen molar-refractivity contribution >= 4 is 39.5 Å². The second kappa shape index (κ2) is 78.9. The van der Waals surface area contributed by atoms with Crippen LogP contribution in [0.3, 0.4) is 0 Å². The molecule has 108 heavy (non-hydrogen) atoms. The molecule has 0 aliphatic heterocycles. The molecule has 0 amide bonds. The molecule has 19 heteroatoms. The van der Waals surface area contributed by atoms with Gasteiger partial charge in [-0.3, -0.25) is 37.3 Å². The van der Waals surface area contributed by atoms with Crippen LogP contribution in [-0.4, -0.2) is 96.7 Å². The summed E-state index contributed by atoms with van der Waals surface area (Å²) < 4.78 is 68.9. The fourth-order valence-electron chi connectivity index (χ4n) is 13.9. The predicted octanol–water partition coefficient (Wildman–Crippen LogP) is 27.3. The Bertz CT molecular complexity index is 2080. The van der Waals surface area contributed by atoms with E-state index in [9.17, 15) is 43.2 Å². The van der Waals surface area contributed by atoms with Crippen molar-refractivity contribution < 1.29 is 80.2 Å². The Labute approximate surface area is 664 Å². The minimum Gasteiger partial charge on any atom is -0.462 e. The van der Waals surface area contributed by atoms with Gasteiger partial charge in [-0.25, -0.2) is 9.13 Å². The molecule has 0 aromatic heterocycles. The topological polar surface area (TPSA) is 237 Å². The normalized spacial score (nSPS) is 13.8. The number of aliphatic hydroxyl groups is 1. The highest BCUT2D eigenvalue weighted by molar-refractivity contribution is 7.47. The van der Waals surface area contributed by atoms with E-state index in [1.54, 1.807) is 0 Å². The van der Waals surface area contributed by atoms with Gasteiger partial charge in [0.25, 0.3) is 0 Å². The zero-order chi connectivity index (χ0) is 79.3. The molecule has 0 rings (SSSR count). The van der Waals surface area contributed by atoms with E-state index in [0.29, 0.717) is 31.6 Å². The Balaban J connectivity index is 5.20. The number of esters is 4. The highest BCUT2D eigenvalue weighted by Gasteiger charge is 2.31. The van der Waals surface area contributed by atoms with Crippen LogP contribution >= 0.6 is 15.6 Å². The summed E-state index contributed by atoms with van der Waals surface area (Å²) in [6.45, 7) is 12.0. The van der Waals surface area contributed by atoms with Crippen LogP contribution < -0.4 is 0 Å². The molecule has 0 aliphatic rings. The number of carbonyl (C=O) groups excluding carboxylic acids is 4. The number of hydrogen-bond donors (Lipinski definition) is 3. The summed E-state index contributed by atoms with van der Waals surface area (Å²) in [5.41, 5.74) is 0. The lowest BCUT2D eigenvalue weighted by molar-refractivity contribution is -0.161. The van der Waals surface area contributed by atoms with Crippen LogP contribution in [0.1, 0.15) is 472 Å². The van der Waals surface area contributed by atoms with Crippen molar-refractivity contribution in [3.8, 4) is 0 Å². The van der Waals surface area contributed by atoms with Gasteiger partial charge in [-0.15, -0.1) is 0 Å². The zero-order valence-corrected chi connectivity index (χ0v) is 73.1. The van der Waals surface area contributed by atoms with Crippen LogP contribution in [0.15, 0.2) is 0 Å². The molecule has 17 nitrogen and oxygen atoms in total. The van der Waals surface area contributed by atoms with Crippen LogP contribution in [-0.2, 0) is 65.4 Å². The van der Waals surface area contributed by atoms with Crippen molar-refractivity contribution in [1.82, 2.24) is 0 Å². The first-order valence-corrected chi connectivity index (χ1v) is 48.8. The summed E-state index contributed by atoms with van der Waals surface area (Å²) >= 11 is 0. The van der Waals surface area contributed by atoms with Gasteiger partial charge in [0, 0.05) is 25.7 Å². The van der Waals surface area contributed by atoms with E-state index in [2.05, 4.69) is 48.5 Å². The lowest BCUT2D eigenvalue weighted by Crippen LogP contribution is -2.30. The summed E-state index contributed by atoms with van der Waals surface area (Å²) in [6.07, 6.45) is 71.2. The molecule has 0 spiro atoms. The van der Waals surface area contributed by atoms with Gasteiger partial charge in [0.2, 0.25) is 0 Å². The number of carbonyl (C=O) groups is 4. The standard InChI is InChI=1S/C89H174O17P2/c1-8-9-10-11-12-13-14-15-16-17-18-19-20-21-22-29-34-39-44-49-58-65-72-88(93)105-84(76-99-86(91)70-63-56-48-43-38-33-28-24-23-26-31-36-41-46-53-60-67-80(2)3)78-103-107(95,96)101-74-83(90)75-102-108(97,98)104-79-85(77-100-87(92)71-64-57-52-51-55-62-69-82(6)7)106-89(94)73-66-59-50-45-40-35-30-25-27-32-37-42-47-54-61-68-81(4)5/h80-85,90H,8-79H2,1-7H3,(H,95,96)(H,97,98)/t83-,84-,85-/m1/s1. The van der Waals surface area contributed by atoms with E-state index in [1.165, 1.54) is 276 Å². The number of phosphoric ester groups is 2. The average Bonchev–Trinajstić information content (AvgIpc) is 0.898. The largest absolute Gasteiger partial charge is 0.472 e. The lowest BCUT2D eigenvalue weighted by Gasteiger charge is -2.21. The molecule has 0 aromatic rings. The van der Waals surface area contributed by atoms with Crippen molar-refractivity contribution in [2.75, 3.05) is 39.6 Å². The molecule has 642 valence electrons. The maximum absolute atomic E-state index is 13.2. The van der Waals surface area contributed by atoms with Gasteiger partial charge in [-0.05, 0) is 43.4 Å². The first kappa shape index (κ1) is 106. The summed E-state index contributed by atoms with van der Waals surface area (Å²) in [7, 11) is -9.93. The maximum Gasteiger partial charge on any atom is 0.472 e. The molecule has 0 fully saturated rings. The monoisotopic (exact) mass is 1580 g/mol. The van der Waals surface area contributed by atoms with Gasteiger partial charge in [0.15, 0.2) is 12.2 Å². The molecule has 0 bridgehead atoms. The number of ether oxygens (including phenoxy) is 4. The Morgan fingerprint density at radius 3 is 0.630 bits per heavy atom. The average molecular weight is 1580 g/mol. The van der Waals surface area contributed by atoms with Crippen LogP contribution in [0, 0.1) is 17.8 Å². The Morgan fingerprint density at radius 1 is 0.250 bits per heavy atom. The minimum atomic E-state index is -4.97. The van der Waals surface area contributed by atoms with E-state index in [1.807, 2.05) is 0 Å². The molecule has 0 radical (unpaired) electrons. The van der Waals surface area contributed by atoms with E-state index in [0.717, 1.165) is 108 Å². The first-order chi connectivity index (χ1) is 52.2. The number of hydrogen-bond acceptors (Lipinski definition) is 15. The van der Waals surface area contributed by atoms with Gasteiger partial charge < -0.3 is 33.8 Å². The SMILES string of the molecule is CCCCCCCCCCCCCCCCCCCCCCCCC(=O)O[C@H](COC(=O)CCCCCCCCCCCCCCCCCCC(C)C)COP(=O)(O)OC[C@@H](O)COP(=O)(O)OC[C@@H](COC(=O)CCCCCCCCC(C)C)OC(=O)CCCCCCCCCCCCCCCCCC(C)C. The zero-order valence-electron chi connectivity index (χ0n) is 71.3. The number of unbranched alkanes of at least 4 members (excludes halogenated alkanes) is 55. The third kappa shape index (κ3) is 82.1. The van der Waals surface area contributed by atoms with Crippen molar-refractivity contribution in [2.24, 2.45) is 17.8 Å². The number of aliphatic hydroxyl groups excluding tert-OH is 1. The summed E-state index contributed by atoms with van der Waals surface area (Å²) in [5, 5.41) is 10.7. The van der Waals surface area contributed by atoms with Crippen LogP contribution in [0.4, 0.5) is 0 Å². The van der Waals surface area contributed by atoms with Crippen LogP contribution in [0.5, 0.6) is 0 Å². The molecule has 2 unspecified atom stereocenters. The second-order valence-electron chi connectivity index (χ2n) is 33.4. The fourth-order valence-corrected chi connectivity index (χ4v) is 15.5. The number of phosphoric acid groups is 2. The Morgan fingerprint density at radius 2 is 0.426 bits per heavy atom. The van der Waals surface area contributed by atoms with E-state index in [4.69, 9.17) is 37.0 Å². The molecule has 3 N–H and O–H groups in total. The summed E-state index contributed by atoms with van der Waals surface area (Å²) in [5.74, 6) is 0.190. The van der Waals surface area contributed by atoms with Crippen molar-refractivity contribution in [1.29, 1.82) is 0 Å². The first-order valence-electron chi connectivity index (χ1n) is 45.8. The van der Waals surface area contributed by atoms with Gasteiger partial charge in [-0.2, -0.15) is 0 Å². The highest BCUT2D eigenvalue weighted by atomic mass is 31.2. The van der Waals surface area contributed by atoms with Gasteiger partial charge in [0.05, 0.1) is 26.4 Å². The third-order valence-electron chi connectivity index (χ3n) is 20.9. The van der Waals surface area contributed by atoms with Crippen molar-refractivity contribution in [3.63, 3.8) is 0 Å². The highest BCUT2D eigenvalue weighted by Crippen LogP contribution is 2.45. The molecular weight excluding hydrogens is 1400 g/mol. The fraction of sp³-hybridized carbons (Fsp3) is 0.955.